The Morgan fingerprint density at radius 2 is 1.88 bits per heavy atom. The van der Waals surface area contributed by atoms with Crippen LogP contribution in [0, 0.1) is 5.92 Å². The van der Waals surface area contributed by atoms with E-state index in [1.807, 2.05) is 17.0 Å². The summed E-state index contributed by atoms with van der Waals surface area (Å²) in [5.41, 5.74) is -0.236. The monoisotopic (exact) mass is 556 g/mol. The third kappa shape index (κ3) is 6.97. The molecule has 0 radical (unpaired) electrons. The number of piperidine rings is 1. The molecule has 222 valence electrons. The maximum Gasteiger partial charge on any atom is 0.251 e. The molecule has 40 heavy (non-hydrogen) atoms. The van der Waals surface area contributed by atoms with Crippen molar-refractivity contribution in [1.82, 2.24) is 20.4 Å². The first kappa shape index (κ1) is 30.3. The molecule has 1 aliphatic carbocycles. The summed E-state index contributed by atoms with van der Waals surface area (Å²) in [5.74, 6) is 0.446. The van der Waals surface area contributed by atoms with Crippen LogP contribution in [-0.2, 0) is 9.59 Å². The third-order valence-corrected chi connectivity index (χ3v) is 9.11. The van der Waals surface area contributed by atoms with Gasteiger partial charge < -0.3 is 30.3 Å². The maximum atomic E-state index is 13.8. The fourth-order valence-electron chi connectivity index (χ4n) is 6.60. The lowest BCUT2D eigenvalue weighted by atomic mass is 9.78. The SMILES string of the molecule is CCCCN1C(=O)[C@@H]([C@H](O)C2CCCCC2)NC(=O)C12CCN(CCCCOc1cccc(C(=O)NC)c1)CC2. The van der Waals surface area contributed by atoms with Gasteiger partial charge in [0, 0.05) is 32.2 Å². The van der Waals surface area contributed by atoms with Gasteiger partial charge in [0.25, 0.3) is 5.91 Å². The second-order valence-corrected chi connectivity index (χ2v) is 11.7. The van der Waals surface area contributed by atoms with Crippen LogP contribution in [0.3, 0.4) is 0 Å². The number of piperazine rings is 1. The second-order valence-electron chi connectivity index (χ2n) is 11.7. The van der Waals surface area contributed by atoms with E-state index >= 15 is 0 Å². The molecule has 2 heterocycles. The fraction of sp³-hybridized carbons (Fsp3) is 0.710. The van der Waals surface area contributed by atoms with Gasteiger partial charge >= 0.3 is 0 Å². The lowest BCUT2D eigenvalue weighted by molar-refractivity contribution is -0.165. The molecule has 3 N–H and O–H groups in total. The predicted octanol–water partition coefficient (Wildman–Crippen LogP) is 3.11. The van der Waals surface area contributed by atoms with Crippen molar-refractivity contribution in [3.8, 4) is 5.75 Å². The number of carbonyl (C=O) groups excluding carboxylic acids is 3. The number of nitrogens with one attached hydrogen (secondary N) is 2. The van der Waals surface area contributed by atoms with Crippen molar-refractivity contribution < 1.29 is 24.2 Å². The molecule has 0 aromatic heterocycles. The first-order chi connectivity index (χ1) is 19.4. The van der Waals surface area contributed by atoms with E-state index in [1.54, 1.807) is 19.2 Å². The Hall–Kier alpha value is -2.65. The molecule has 1 spiro atoms. The number of hydrogen-bond acceptors (Lipinski definition) is 6. The maximum absolute atomic E-state index is 13.8. The van der Waals surface area contributed by atoms with Crippen molar-refractivity contribution in [2.45, 2.75) is 95.2 Å². The molecular formula is C31H48N4O5. The fourth-order valence-corrected chi connectivity index (χ4v) is 6.60. The van der Waals surface area contributed by atoms with Gasteiger partial charge in [0.2, 0.25) is 11.8 Å². The van der Waals surface area contributed by atoms with E-state index < -0.39 is 17.7 Å². The molecule has 2 atom stereocenters. The Bertz CT molecular complexity index is 1000. The number of hydrogen-bond donors (Lipinski definition) is 3. The number of rotatable bonds is 12. The van der Waals surface area contributed by atoms with Crippen molar-refractivity contribution in [3.05, 3.63) is 29.8 Å². The third-order valence-electron chi connectivity index (χ3n) is 9.11. The normalized spacial score (nSPS) is 22.7. The number of aliphatic hydroxyl groups is 1. The van der Waals surface area contributed by atoms with Crippen LogP contribution in [0.4, 0.5) is 0 Å². The highest BCUT2D eigenvalue weighted by Gasteiger charge is 2.55. The van der Waals surface area contributed by atoms with Crippen molar-refractivity contribution in [2.24, 2.45) is 5.92 Å². The minimum Gasteiger partial charge on any atom is -0.494 e. The largest absolute Gasteiger partial charge is 0.494 e. The van der Waals surface area contributed by atoms with Crippen LogP contribution in [0.25, 0.3) is 0 Å². The summed E-state index contributed by atoms with van der Waals surface area (Å²) in [4.78, 5) is 43.4. The molecule has 1 saturated carbocycles. The van der Waals surface area contributed by atoms with Crippen molar-refractivity contribution in [2.75, 3.05) is 39.8 Å². The van der Waals surface area contributed by atoms with Crippen LogP contribution in [0.2, 0.25) is 0 Å². The minimum absolute atomic E-state index is 0.0793. The average molecular weight is 557 g/mol. The number of unbranched alkanes of at least 4 members (excludes halogenated alkanes) is 2. The minimum atomic E-state index is -0.826. The van der Waals surface area contributed by atoms with E-state index in [-0.39, 0.29) is 23.6 Å². The van der Waals surface area contributed by atoms with E-state index in [1.165, 1.54) is 6.42 Å². The summed E-state index contributed by atoms with van der Waals surface area (Å²) in [5, 5.41) is 16.7. The highest BCUT2D eigenvalue weighted by Crippen LogP contribution is 2.36. The van der Waals surface area contributed by atoms with Gasteiger partial charge in [-0.15, -0.1) is 0 Å². The number of nitrogens with zero attached hydrogens (tertiary/aromatic N) is 2. The summed E-state index contributed by atoms with van der Waals surface area (Å²) >= 11 is 0. The highest BCUT2D eigenvalue weighted by atomic mass is 16.5. The van der Waals surface area contributed by atoms with E-state index in [2.05, 4.69) is 22.5 Å². The van der Waals surface area contributed by atoms with Gasteiger partial charge in [-0.1, -0.05) is 38.7 Å². The second kappa shape index (κ2) is 14.3. The number of likely N-dealkylation sites (tertiary alicyclic amines) is 1. The Morgan fingerprint density at radius 1 is 1.12 bits per heavy atom. The van der Waals surface area contributed by atoms with Crippen LogP contribution < -0.4 is 15.4 Å². The Labute approximate surface area is 239 Å². The van der Waals surface area contributed by atoms with Crippen molar-refractivity contribution in [3.63, 3.8) is 0 Å². The van der Waals surface area contributed by atoms with E-state index in [4.69, 9.17) is 4.74 Å². The Morgan fingerprint density at radius 3 is 2.58 bits per heavy atom. The lowest BCUT2D eigenvalue weighted by Crippen LogP contribution is -2.75. The van der Waals surface area contributed by atoms with Crippen LogP contribution >= 0.6 is 0 Å². The van der Waals surface area contributed by atoms with Gasteiger partial charge in [0.15, 0.2) is 0 Å². The average Bonchev–Trinajstić information content (AvgIpc) is 2.99. The zero-order valence-electron chi connectivity index (χ0n) is 24.3. The van der Waals surface area contributed by atoms with Gasteiger partial charge in [-0.2, -0.15) is 0 Å². The molecule has 1 aromatic carbocycles. The Balaban J connectivity index is 1.28. The highest BCUT2D eigenvalue weighted by molar-refractivity contribution is 6.00. The van der Waals surface area contributed by atoms with Crippen LogP contribution in [-0.4, -0.2) is 90.1 Å². The quantitative estimate of drug-likeness (QED) is 0.341. The summed E-state index contributed by atoms with van der Waals surface area (Å²) in [6.45, 7) is 5.66. The molecule has 2 aliphatic heterocycles. The van der Waals surface area contributed by atoms with E-state index in [0.717, 1.165) is 71.0 Å². The Kier molecular flexibility index (Phi) is 10.8. The summed E-state index contributed by atoms with van der Waals surface area (Å²) in [6, 6.07) is 6.36. The molecule has 9 nitrogen and oxygen atoms in total. The van der Waals surface area contributed by atoms with Gasteiger partial charge in [-0.05, 0) is 75.6 Å². The topological polar surface area (TPSA) is 111 Å². The molecule has 0 bridgehead atoms. The van der Waals surface area contributed by atoms with E-state index in [0.29, 0.717) is 37.3 Å². The van der Waals surface area contributed by atoms with Gasteiger partial charge in [0.05, 0.1) is 12.7 Å². The van der Waals surface area contributed by atoms with Gasteiger partial charge in [-0.3, -0.25) is 14.4 Å². The number of amides is 3. The standard InChI is InChI=1S/C31H48N4O5/c1-3-4-18-35-29(38)26(27(36)23-11-6-5-7-12-23)33-30(39)31(35)15-19-34(20-16-31)17-8-9-21-40-25-14-10-13-24(22-25)28(37)32-2/h10,13-14,22-23,26-27,36H,3-9,11-12,15-21H2,1-2H3,(H,32,37)(H,33,39)/t26-,27-/m1/s1. The van der Waals surface area contributed by atoms with Crippen LogP contribution in [0.1, 0.15) is 87.9 Å². The number of benzene rings is 1. The first-order valence-corrected chi connectivity index (χ1v) is 15.4. The molecule has 9 heteroatoms. The molecular weight excluding hydrogens is 508 g/mol. The van der Waals surface area contributed by atoms with E-state index in [9.17, 15) is 19.5 Å². The van der Waals surface area contributed by atoms with Crippen molar-refractivity contribution >= 4 is 17.7 Å². The molecule has 3 aliphatic rings. The molecule has 2 saturated heterocycles. The number of ether oxygens (including phenoxy) is 1. The first-order valence-electron chi connectivity index (χ1n) is 15.4. The summed E-state index contributed by atoms with van der Waals surface area (Å²) in [6.07, 6.45) is 9.23. The zero-order chi connectivity index (χ0) is 28.5. The molecule has 0 unspecified atom stereocenters. The lowest BCUT2D eigenvalue weighted by Gasteiger charge is -2.52. The number of carbonyl (C=O) groups is 3. The molecule has 3 amide bonds. The summed E-state index contributed by atoms with van der Waals surface area (Å²) in [7, 11) is 1.61. The smallest absolute Gasteiger partial charge is 0.251 e. The molecule has 4 rings (SSSR count). The van der Waals surface area contributed by atoms with Gasteiger partial charge in [-0.25, -0.2) is 0 Å². The predicted molar refractivity (Wildman–Crippen MR) is 154 cm³/mol. The van der Waals surface area contributed by atoms with Crippen LogP contribution in [0.15, 0.2) is 24.3 Å². The number of aliphatic hydroxyl groups excluding tert-OH is 1. The molecule has 3 fully saturated rings. The summed E-state index contributed by atoms with van der Waals surface area (Å²) < 4.78 is 5.86. The zero-order valence-corrected chi connectivity index (χ0v) is 24.3. The van der Waals surface area contributed by atoms with Crippen LogP contribution in [0.5, 0.6) is 5.75 Å². The molecule has 1 aromatic rings. The van der Waals surface area contributed by atoms with Gasteiger partial charge in [0.1, 0.15) is 17.3 Å². The van der Waals surface area contributed by atoms with Crippen molar-refractivity contribution in [1.29, 1.82) is 0 Å².